The number of nitrogens with two attached hydrogens (primary N) is 1. The van der Waals surface area contributed by atoms with E-state index in [9.17, 15) is 0 Å². The van der Waals surface area contributed by atoms with Crippen molar-refractivity contribution >= 4 is 0 Å². The summed E-state index contributed by atoms with van der Waals surface area (Å²) in [4.78, 5) is 0. The van der Waals surface area contributed by atoms with E-state index < -0.39 is 0 Å². The number of hydrogen-bond donors (Lipinski definition) is 1. The maximum Gasteiger partial charge on any atom is 0.122 e. The van der Waals surface area contributed by atoms with E-state index in [0.717, 1.165) is 18.8 Å². The molecule has 1 fully saturated rings. The van der Waals surface area contributed by atoms with E-state index in [2.05, 4.69) is 32.0 Å². The van der Waals surface area contributed by atoms with Gasteiger partial charge in [-0.3, -0.25) is 0 Å². The molecule has 16 heavy (non-hydrogen) atoms. The highest BCUT2D eigenvalue weighted by molar-refractivity contribution is 5.46. The van der Waals surface area contributed by atoms with Crippen LogP contribution < -0.4 is 10.5 Å². The molecule has 86 valence electrons. The Bertz CT molecular complexity index is 427. The standard InChI is InChI=1S/C14H19NO/c1-13(2,15)14(6-7-14)11-3-4-12-10(9-11)5-8-16-12/h3-4,9H,5-8,15H2,1-2H3. The third-order valence-corrected chi connectivity index (χ3v) is 4.23. The molecule has 0 amide bonds. The summed E-state index contributed by atoms with van der Waals surface area (Å²) in [6.45, 7) is 5.12. The lowest BCUT2D eigenvalue weighted by atomic mass is 9.79. The van der Waals surface area contributed by atoms with Gasteiger partial charge in [0.1, 0.15) is 5.75 Å². The molecule has 0 atom stereocenters. The second kappa shape index (κ2) is 3.01. The van der Waals surface area contributed by atoms with E-state index in [4.69, 9.17) is 10.5 Å². The summed E-state index contributed by atoms with van der Waals surface area (Å²) < 4.78 is 5.54. The summed E-state index contributed by atoms with van der Waals surface area (Å²) in [6, 6.07) is 6.62. The third kappa shape index (κ3) is 1.29. The first-order valence-corrected chi connectivity index (χ1v) is 6.08. The van der Waals surface area contributed by atoms with Crippen LogP contribution in [0.25, 0.3) is 0 Å². The lowest BCUT2D eigenvalue weighted by Crippen LogP contribution is -2.45. The first-order valence-electron chi connectivity index (χ1n) is 6.08. The topological polar surface area (TPSA) is 35.2 Å². The second-order valence-corrected chi connectivity index (χ2v) is 5.72. The molecule has 0 spiro atoms. The average Bonchev–Trinajstić information content (AvgIpc) is 2.91. The molecule has 0 bridgehead atoms. The van der Waals surface area contributed by atoms with Gasteiger partial charge >= 0.3 is 0 Å². The smallest absolute Gasteiger partial charge is 0.122 e. The summed E-state index contributed by atoms with van der Waals surface area (Å²) >= 11 is 0. The molecule has 3 rings (SSSR count). The van der Waals surface area contributed by atoms with Gasteiger partial charge < -0.3 is 10.5 Å². The molecule has 1 aromatic rings. The fourth-order valence-electron chi connectivity index (χ4n) is 2.91. The van der Waals surface area contributed by atoms with E-state index in [0.29, 0.717) is 0 Å². The lowest BCUT2D eigenvalue weighted by Gasteiger charge is -2.31. The van der Waals surface area contributed by atoms with E-state index in [1.807, 2.05) is 0 Å². The normalized spacial score (nSPS) is 21.4. The van der Waals surface area contributed by atoms with Crippen molar-refractivity contribution in [1.82, 2.24) is 0 Å². The van der Waals surface area contributed by atoms with Crippen LogP contribution in [-0.2, 0) is 11.8 Å². The van der Waals surface area contributed by atoms with Crippen LogP contribution in [-0.4, -0.2) is 12.1 Å². The van der Waals surface area contributed by atoms with Crippen molar-refractivity contribution in [3.05, 3.63) is 29.3 Å². The van der Waals surface area contributed by atoms with Gasteiger partial charge in [0.2, 0.25) is 0 Å². The summed E-state index contributed by atoms with van der Waals surface area (Å²) in [5.74, 6) is 1.06. The first-order chi connectivity index (χ1) is 7.53. The van der Waals surface area contributed by atoms with Gasteiger partial charge in [0.15, 0.2) is 0 Å². The highest BCUT2D eigenvalue weighted by Crippen LogP contribution is 2.55. The van der Waals surface area contributed by atoms with Crippen LogP contribution in [0.2, 0.25) is 0 Å². The molecule has 0 radical (unpaired) electrons. The molecule has 1 aromatic carbocycles. The highest BCUT2D eigenvalue weighted by atomic mass is 16.5. The molecule has 1 aliphatic heterocycles. The molecule has 2 heteroatoms. The first kappa shape index (κ1) is 10.2. The van der Waals surface area contributed by atoms with Crippen molar-refractivity contribution in [1.29, 1.82) is 0 Å². The van der Waals surface area contributed by atoms with Gasteiger partial charge in [-0.25, -0.2) is 0 Å². The Morgan fingerprint density at radius 3 is 2.69 bits per heavy atom. The van der Waals surface area contributed by atoms with Gasteiger partial charge in [-0.05, 0) is 43.9 Å². The third-order valence-electron chi connectivity index (χ3n) is 4.23. The largest absolute Gasteiger partial charge is 0.493 e. The molecule has 2 N–H and O–H groups in total. The van der Waals surface area contributed by atoms with E-state index >= 15 is 0 Å². The van der Waals surface area contributed by atoms with Crippen molar-refractivity contribution in [2.24, 2.45) is 5.73 Å². The van der Waals surface area contributed by atoms with E-state index in [-0.39, 0.29) is 11.0 Å². The Hall–Kier alpha value is -1.02. The summed E-state index contributed by atoms with van der Waals surface area (Å²) in [5, 5.41) is 0. The SMILES string of the molecule is CC(C)(N)C1(c2ccc3c(c2)CCO3)CC1. The summed E-state index contributed by atoms with van der Waals surface area (Å²) in [5.41, 5.74) is 9.17. The number of benzene rings is 1. The molecule has 1 heterocycles. The second-order valence-electron chi connectivity index (χ2n) is 5.72. The van der Waals surface area contributed by atoms with Crippen molar-refractivity contribution < 1.29 is 4.74 Å². The van der Waals surface area contributed by atoms with Crippen LogP contribution in [0.15, 0.2) is 18.2 Å². The molecule has 0 aromatic heterocycles. The molecule has 2 nitrogen and oxygen atoms in total. The predicted molar refractivity (Wildman–Crippen MR) is 64.8 cm³/mol. The number of ether oxygens (including phenoxy) is 1. The van der Waals surface area contributed by atoms with Crippen LogP contribution in [0.3, 0.4) is 0 Å². The summed E-state index contributed by atoms with van der Waals surface area (Å²) in [6.07, 6.45) is 3.48. The number of fused-ring (bicyclic) bond motifs is 1. The van der Waals surface area contributed by atoms with Crippen LogP contribution >= 0.6 is 0 Å². The van der Waals surface area contributed by atoms with E-state index in [1.54, 1.807) is 0 Å². The average molecular weight is 217 g/mol. The van der Waals surface area contributed by atoms with Crippen molar-refractivity contribution in [3.8, 4) is 5.75 Å². The fraction of sp³-hybridized carbons (Fsp3) is 0.571. The zero-order chi connectivity index (χ0) is 11.4. The van der Waals surface area contributed by atoms with Gasteiger partial charge in [-0.15, -0.1) is 0 Å². The molecule has 1 saturated carbocycles. The molecule has 0 saturated heterocycles. The molecule has 2 aliphatic rings. The Morgan fingerprint density at radius 1 is 1.31 bits per heavy atom. The monoisotopic (exact) mass is 217 g/mol. The molecular formula is C14H19NO. The zero-order valence-corrected chi connectivity index (χ0v) is 10.0. The Labute approximate surface area is 96.8 Å². The van der Waals surface area contributed by atoms with Crippen LogP contribution in [0.1, 0.15) is 37.8 Å². The Balaban J connectivity index is 2.02. The molecule has 1 aliphatic carbocycles. The van der Waals surface area contributed by atoms with E-state index in [1.165, 1.54) is 24.0 Å². The number of rotatable bonds is 2. The Kier molecular flexibility index (Phi) is 1.91. The van der Waals surface area contributed by atoms with Crippen LogP contribution in [0.4, 0.5) is 0 Å². The van der Waals surface area contributed by atoms with Crippen molar-refractivity contribution in [3.63, 3.8) is 0 Å². The Morgan fingerprint density at radius 2 is 2.06 bits per heavy atom. The van der Waals surface area contributed by atoms with Gasteiger partial charge in [0.25, 0.3) is 0 Å². The predicted octanol–water partition coefficient (Wildman–Crippen LogP) is 2.39. The van der Waals surface area contributed by atoms with Gasteiger partial charge in [0.05, 0.1) is 6.61 Å². The number of hydrogen-bond acceptors (Lipinski definition) is 2. The van der Waals surface area contributed by atoms with Crippen LogP contribution in [0.5, 0.6) is 5.75 Å². The van der Waals surface area contributed by atoms with Crippen LogP contribution in [0, 0.1) is 0 Å². The zero-order valence-electron chi connectivity index (χ0n) is 10.0. The maximum atomic E-state index is 6.32. The molecule has 0 unspecified atom stereocenters. The minimum Gasteiger partial charge on any atom is -0.493 e. The van der Waals surface area contributed by atoms with Gasteiger partial charge in [-0.2, -0.15) is 0 Å². The van der Waals surface area contributed by atoms with Crippen molar-refractivity contribution in [2.45, 2.75) is 44.1 Å². The lowest BCUT2D eigenvalue weighted by molar-refractivity contribution is 0.356. The maximum absolute atomic E-state index is 6.32. The van der Waals surface area contributed by atoms with Crippen molar-refractivity contribution in [2.75, 3.05) is 6.61 Å². The highest BCUT2D eigenvalue weighted by Gasteiger charge is 2.53. The quantitative estimate of drug-likeness (QED) is 0.825. The summed E-state index contributed by atoms with van der Waals surface area (Å²) in [7, 11) is 0. The van der Waals surface area contributed by atoms with Gasteiger partial charge in [-0.1, -0.05) is 12.1 Å². The fourth-order valence-corrected chi connectivity index (χ4v) is 2.91. The minimum absolute atomic E-state index is 0.124. The van der Waals surface area contributed by atoms with Gasteiger partial charge in [0, 0.05) is 17.4 Å². The molecular weight excluding hydrogens is 198 g/mol. The minimum atomic E-state index is -0.124.